The standard InChI is InChI=1S/C16H16F2N4O2/c17-11-2-1-10(7-12(11)18)13-8-14(21-20-13)16(24)22-5-3-9(4-6-22)15(19)23/h1-2,7-9H,3-6H2,(H2,19,23)(H,20,21). The molecule has 2 heterocycles. The Kier molecular flexibility index (Phi) is 4.28. The fourth-order valence-electron chi connectivity index (χ4n) is 2.77. The van der Waals surface area contributed by atoms with Gasteiger partial charge in [-0.25, -0.2) is 8.78 Å². The average molecular weight is 334 g/mol. The fourth-order valence-corrected chi connectivity index (χ4v) is 2.77. The molecule has 0 spiro atoms. The van der Waals surface area contributed by atoms with Crippen molar-refractivity contribution in [3.05, 3.63) is 41.6 Å². The highest BCUT2D eigenvalue weighted by molar-refractivity contribution is 5.93. The first-order valence-corrected chi connectivity index (χ1v) is 7.55. The number of amides is 2. The number of piperidine rings is 1. The van der Waals surface area contributed by atoms with Crippen LogP contribution in [0.3, 0.4) is 0 Å². The van der Waals surface area contributed by atoms with E-state index in [2.05, 4.69) is 10.2 Å². The number of nitrogens with one attached hydrogen (secondary N) is 1. The number of carbonyl (C=O) groups excluding carboxylic acids is 2. The normalized spacial score (nSPS) is 15.5. The van der Waals surface area contributed by atoms with E-state index >= 15 is 0 Å². The van der Waals surface area contributed by atoms with Crippen LogP contribution in [0.1, 0.15) is 23.3 Å². The minimum atomic E-state index is -0.975. The number of carbonyl (C=O) groups is 2. The zero-order valence-corrected chi connectivity index (χ0v) is 12.8. The topological polar surface area (TPSA) is 92.1 Å². The Bertz CT molecular complexity index is 782. The van der Waals surface area contributed by atoms with Crippen LogP contribution in [0, 0.1) is 17.6 Å². The van der Waals surface area contributed by atoms with Crippen molar-refractivity contribution < 1.29 is 18.4 Å². The molecular formula is C16H16F2N4O2. The van der Waals surface area contributed by atoms with Crippen LogP contribution < -0.4 is 5.73 Å². The molecule has 1 aliphatic heterocycles. The third kappa shape index (κ3) is 3.12. The number of H-pyrrole nitrogens is 1. The molecule has 0 aliphatic carbocycles. The molecule has 1 fully saturated rings. The SMILES string of the molecule is NC(=O)C1CCN(C(=O)c2cc(-c3ccc(F)c(F)c3)n[nH]2)CC1. The van der Waals surface area contributed by atoms with Crippen LogP contribution >= 0.6 is 0 Å². The third-order valence-electron chi connectivity index (χ3n) is 4.21. The first kappa shape index (κ1) is 16.1. The monoisotopic (exact) mass is 334 g/mol. The van der Waals surface area contributed by atoms with Gasteiger partial charge in [-0.1, -0.05) is 0 Å². The molecule has 6 nitrogen and oxygen atoms in total. The van der Waals surface area contributed by atoms with Gasteiger partial charge in [-0.05, 0) is 37.1 Å². The maximum Gasteiger partial charge on any atom is 0.271 e. The van der Waals surface area contributed by atoms with E-state index in [1.54, 1.807) is 4.90 Å². The Morgan fingerprint density at radius 1 is 1.17 bits per heavy atom. The molecule has 2 aromatic rings. The van der Waals surface area contributed by atoms with Gasteiger partial charge < -0.3 is 10.6 Å². The molecule has 0 unspecified atom stereocenters. The van der Waals surface area contributed by atoms with Gasteiger partial charge in [0, 0.05) is 24.6 Å². The van der Waals surface area contributed by atoms with Gasteiger partial charge in [0.2, 0.25) is 5.91 Å². The molecule has 3 rings (SSSR count). The summed E-state index contributed by atoms with van der Waals surface area (Å²) in [6.45, 7) is 0.873. The van der Waals surface area contributed by atoms with Gasteiger partial charge in [-0.15, -0.1) is 0 Å². The predicted octanol–water partition coefficient (Wildman–Crippen LogP) is 1.69. The molecular weight excluding hydrogens is 318 g/mol. The lowest BCUT2D eigenvalue weighted by atomic mass is 9.96. The maximum absolute atomic E-state index is 13.3. The number of primary amides is 1. The highest BCUT2D eigenvalue weighted by atomic mass is 19.2. The summed E-state index contributed by atoms with van der Waals surface area (Å²) in [4.78, 5) is 25.2. The molecule has 0 radical (unpaired) electrons. The lowest BCUT2D eigenvalue weighted by Gasteiger charge is -2.30. The van der Waals surface area contributed by atoms with E-state index < -0.39 is 11.6 Å². The second kappa shape index (κ2) is 6.38. The summed E-state index contributed by atoms with van der Waals surface area (Å²) in [6, 6.07) is 4.92. The largest absolute Gasteiger partial charge is 0.369 e. The summed E-state index contributed by atoms with van der Waals surface area (Å²) in [7, 11) is 0. The number of nitrogens with two attached hydrogens (primary N) is 1. The smallest absolute Gasteiger partial charge is 0.271 e. The minimum Gasteiger partial charge on any atom is -0.369 e. The number of halogens is 2. The molecule has 24 heavy (non-hydrogen) atoms. The van der Waals surface area contributed by atoms with Gasteiger partial charge >= 0.3 is 0 Å². The Balaban J connectivity index is 1.72. The van der Waals surface area contributed by atoms with Crippen LogP contribution in [0.2, 0.25) is 0 Å². The van der Waals surface area contributed by atoms with Crippen LogP contribution in [0.25, 0.3) is 11.3 Å². The van der Waals surface area contributed by atoms with E-state index in [4.69, 9.17) is 5.73 Å². The van der Waals surface area contributed by atoms with Crippen molar-refractivity contribution in [1.29, 1.82) is 0 Å². The number of likely N-dealkylation sites (tertiary alicyclic amines) is 1. The second-order valence-corrected chi connectivity index (χ2v) is 5.76. The molecule has 0 bridgehead atoms. The highest BCUT2D eigenvalue weighted by Crippen LogP contribution is 2.22. The molecule has 0 saturated carbocycles. The number of aromatic amines is 1. The minimum absolute atomic E-state index is 0.200. The van der Waals surface area contributed by atoms with Gasteiger partial charge in [-0.3, -0.25) is 14.7 Å². The van der Waals surface area contributed by atoms with Crippen molar-refractivity contribution >= 4 is 11.8 Å². The summed E-state index contributed by atoms with van der Waals surface area (Å²) in [5.74, 6) is -2.71. The van der Waals surface area contributed by atoms with Crippen LogP contribution in [0.5, 0.6) is 0 Å². The molecule has 2 amide bonds. The van der Waals surface area contributed by atoms with Crippen LogP contribution in [0.15, 0.2) is 24.3 Å². The van der Waals surface area contributed by atoms with Crippen molar-refractivity contribution in [2.24, 2.45) is 11.7 Å². The number of benzene rings is 1. The zero-order chi connectivity index (χ0) is 17.3. The molecule has 1 saturated heterocycles. The Labute approximate surface area is 136 Å². The van der Waals surface area contributed by atoms with Crippen LogP contribution in [-0.4, -0.2) is 40.0 Å². The predicted molar refractivity (Wildman–Crippen MR) is 81.8 cm³/mol. The molecule has 1 aromatic carbocycles. The summed E-state index contributed by atoms with van der Waals surface area (Å²) in [6.07, 6.45) is 1.07. The van der Waals surface area contributed by atoms with E-state index in [0.29, 0.717) is 37.2 Å². The number of nitrogens with zero attached hydrogens (tertiary/aromatic N) is 2. The average Bonchev–Trinajstić information content (AvgIpc) is 3.07. The van der Waals surface area contributed by atoms with Gasteiger partial charge in [0.15, 0.2) is 11.6 Å². The quantitative estimate of drug-likeness (QED) is 0.895. The first-order valence-electron chi connectivity index (χ1n) is 7.55. The van der Waals surface area contributed by atoms with Crippen LogP contribution in [0.4, 0.5) is 8.78 Å². The molecule has 1 aliphatic rings. The first-order chi connectivity index (χ1) is 11.5. The van der Waals surface area contributed by atoms with Crippen molar-refractivity contribution in [2.75, 3.05) is 13.1 Å². The van der Waals surface area contributed by atoms with Gasteiger partial charge in [0.1, 0.15) is 5.69 Å². The van der Waals surface area contributed by atoms with Gasteiger partial charge in [0.25, 0.3) is 5.91 Å². The molecule has 126 valence electrons. The second-order valence-electron chi connectivity index (χ2n) is 5.76. The van der Waals surface area contributed by atoms with E-state index in [0.717, 1.165) is 12.1 Å². The molecule has 0 atom stereocenters. The summed E-state index contributed by atoms with van der Waals surface area (Å²) >= 11 is 0. The lowest BCUT2D eigenvalue weighted by molar-refractivity contribution is -0.123. The van der Waals surface area contributed by atoms with Crippen LogP contribution in [-0.2, 0) is 4.79 Å². The van der Waals surface area contributed by atoms with E-state index in [1.165, 1.54) is 12.1 Å². The number of hydrogen-bond donors (Lipinski definition) is 2. The number of aromatic nitrogens is 2. The van der Waals surface area contributed by atoms with Gasteiger partial charge in [0.05, 0.1) is 5.69 Å². The maximum atomic E-state index is 13.3. The highest BCUT2D eigenvalue weighted by Gasteiger charge is 2.27. The van der Waals surface area contributed by atoms with E-state index in [-0.39, 0.29) is 23.4 Å². The molecule has 3 N–H and O–H groups in total. The fraction of sp³-hybridized carbons (Fsp3) is 0.312. The Morgan fingerprint density at radius 2 is 1.88 bits per heavy atom. The lowest BCUT2D eigenvalue weighted by Crippen LogP contribution is -2.41. The van der Waals surface area contributed by atoms with Gasteiger partial charge in [-0.2, -0.15) is 5.10 Å². The van der Waals surface area contributed by atoms with Crippen molar-refractivity contribution in [2.45, 2.75) is 12.8 Å². The Hall–Kier alpha value is -2.77. The number of hydrogen-bond acceptors (Lipinski definition) is 3. The summed E-state index contributed by atoms with van der Waals surface area (Å²) < 4.78 is 26.3. The zero-order valence-electron chi connectivity index (χ0n) is 12.8. The van der Waals surface area contributed by atoms with Crippen molar-refractivity contribution in [3.8, 4) is 11.3 Å². The Morgan fingerprint density at radius 3 is 2.50 bits per heavy atom. The van der Waals surface area contributed by atoms with Crippen molar-refractivity contribution in [3.63, 3.8) is 0 Å². The summed E-state index contributed by atoms with van der Waals surface area (Å²) in [5, 5.41) is 6.60. The summed E-state index contributed by atoms with van der Waals surface area (Å²) in [5.41, 5.74) is 6.25. The molecule has 1 aromatic heterocycles. The van der Waals surface area contributed by atoms with E-state index in [1.807, 2.05) is 0 Å². The number of rotatable bonds is 3. The molecule has 8 heteroatoms. The van der Waals surface area contributed by atoms with E-state index in [9.17, 15) is 18.4 Å². The third-order valence-corrected chi connectivity index (χ3v) is 4.21. The van der Waals surface area contributed by atoms with Crippen molar-refractivity contribution in [1.82, 2.24) is 15.1 Å².